The number of hydrogen-bond donors (Lipinski definition) is 0. The molecule has 2 rings (SSSR count). The van der Waals surface area contributed by atoms with Crippen molar-refractivity contribution in [1.29, 1.82) is 0 Å². The summed E-state index contributed by atoms with van der Waals surface area (Å²) < 4.78 is 214. The van der Waals surface area contributed by atoms with Crippen LogP contribution < -0.4 is 0 Å². The van der Waals surface area contributed by atoms with Crippen LogP contribution in [0.2, 0.25) is 0 Å². The van der Waals surface area contributed by atoms with Crippen molar-refractivity contribution in [3.63, 3.8) is 0 Å². The average Bonchev–Trinajstić information content (AvgIpc) is 2.57. The Labute approximate surface area is 135 Å². The number of halogens is 16. The number of carbonyl (C=O) groups is 1. The van der Waals surface area contributed by atoms with Gasteiger partial charge in [0.1, 0.15) is 0 Å². The standard InChI is InChI=1S/C10F16O/c11-3(12)1(27)2(8(18,19)20)4(9(21,22)23,10(24,25)26)5(3,13)7(16,17)6(2,14)15. The van der Waals surface area contributed by atoms with Crippen LogP contribution >= 0.6 is 0 Å². The summed E-state index contributed by atoms with van der Waals surface area (Å²) in [6, 6.07) is 0. The molecule has 0 heterocycles. The van der Waals surface area contributed by atoms with Crippen LogP contribution in [0.15, 0.2) is 0 Å². The van der Waals surface area contributed by atoms with Crippen molar-refractivity contribution >= 4 is 5.78 Å². The van der Waals surface area contributed by atoms with Gasteiger partial charge in [0.2, 0.25) is 16.6 Å². The molecule has 17 heteroatoms. The molecule has 2 aliphatic rings. The van der Waals surface area contributed by atoms with Gasteiger partial charge in [-0.1, -0.05) is 0 Å². The molecule has 0 saturated heterocycles. The Morgan fingerprint density at radius 2 is 0.889 bits per heavy atom. The lowest BCUT2D eigenvalue weighted by Gasteiger charge is -2.44. The van der Waals surface area contributed by atoms with Crippen LogP contribution in [0.1, 0.15) is 0 Å². The number of hydrogen-bond acceptors (Lipinski definition) is 1. The van der Waals surface area contributed by atoms with Crippen molar-refractivity contribution in [2.75, 3.05) is 0 Å². The van der Waals surface area contributed by atoms with Crippen molar-refractivity contribution in [1.82, 2.24) is 0 Å². The quantitative estimate of drug-likeness (QED) is 0.493. The third-order valence-electron chi connectivity index (χ3n) is 4.71. The molecule has 0 aromatic heterocycles. The molecule has 2 saturated carbocycles. The second-order valence-corrected chi connectivity index (χ2v) is 5.70. The van der Waals surface area contributed by atoms with Gasteiger partial charge in [0.25, 0.3) is 5.67 Å². The van der Waals surface area contributed by atoms with E-state index in [4.69, 9.17) is 0 Å². The van der Waals surface area contributed by atoms with Crippen LogP contribution in [-0.4, -0.2) is 47.7 Å². The molecule has 0 aromatic carbocycles. The van der Waals surface area contributed by atoms with Gasteiger partial charge < -0.3 is 0 Å². The second kappa shape index (κ2) is 4.41. The van der Waals surface area contributed by atoms with Crippen molar-refractivity contribution < 1.29 is 75.0 Å². The number of ketones is 1. The lowest BCUT2D eigenvalue weighted by molar-refractivity contribution is -0.432. The highest BCUT2D eigenvalue weighted by Crippen LogP contribution is 2.90. The van der Waals surface area contributed by atoms with Gasteiger partial charge in [-0.2, -0.15) is 65.9 Å². The highest BCUT2D eigenvalue weighted by atomic mass is 19.4. The van der Waals surface area contributed by atoms with Crippen molar-refractivity contribution in [3.8, 4) is 0 Å². The van der Waals surface area contributed by atoms with Crippen LogP contribution in [0.5, 0.6) is 0 Å². The lowest BCUT2D eigenvalue weighted by Crippen LogP contribution is -2.71. The zero-order valence-corrected chi connectivity index (χ0v) is 11.5. The molecule has 2 bridgehead atoms. The summed E-state index contributed by atoms with van der Waals surface area (Å²) in [6.45, 7) is 0. The maximum absolute atomic E-state index is 14.3. The summed E-state index contributed by atoms with van der Waals surface area (Å²) in [5, 5.41) is 0. The van der Waals surface area contributed by atoms with Crippen molar-refractivity contribution in [2.45, 2.75) is 42.0 Å². The highest BCUT2D eigenvalue weighted by Gasteiger charge is 3.20. The predicted octanol–water partition coefficient (Wildman–Crippen LogP) is 4.86. The Morgan fingerprint density at radius 3 is 1.11 bits per heavy atom. The Hall–Kier alpha value is -1.45. The summed E-state index contributed by atoms with van der Waals surface area (Å²) in [5.74, 6) is -28.2. The first-order valence-electron chi connectivity index (χ1n) is 5.98. The van der Waals surface area contributed by atoms with Gasteiger partial charge in [-0.3, -0.25) is 4.79 Å². The number of fused-ring (bicyclic) bond motifs is 2. The fraction of sp³-hybridized carbons (Fsp3) is 0.900. The van der Waals surface area contributed by atoms with Gasteiger partial charge in [-0.15, -0.1) is 0 Å². The van der Waals surface area contributed by atoms with Gasteiger partial charge in [-0.05, 0) is 0 Å². The molecule has 27 heavy (non-hydrogen) atoms. The van der Waals surface area contributed by atoms with E-state index in [1.54, 1.807) is 0 Å². The van der Waals surface area contributed by atoms with Gasteiger partial charge >= 0.3 is 36.3 Å². The minimum atomic E-state index is -8.20. The molecule has 2 aliphatic carbocycles. The van der Waals surface area contributed by atoms with Crippen LogP contribution in [0.3, 0.4) is 0 Å². The van der Waals surface area contributed by atoms with Gasteiger partial charge in [0.05, 0.1) is 0 Å². The van der Waals surface area contributed by atoms with E-state index in [0.29, 0.717) is 0 Å². The molecule has 0 N–H and O–H groups in total. The molecule has 2 unspecified atom stereocenters. The van der Waals surface area contributed by atoms with E-state index in [-0.39, 0.29) is 0 Å². The fourth-order valence-electron chi connectivity index (χ4n) is 3.81. The SMILES string of the molecule is O=C1C(F)(F)C2(F)C(F)(F)C(F)(F)C1(C(F)(F)F)C2(C(F)(F)F)C(F)(F)F. The smallest absolute Gasteiger partial charge is 0.291 e. The molecular weight excluding hydrogens is 440 g/mol. The predicted molar refractivity (Wildman–Crippen MR) is 46.7 cm³/mol. The Balaban J connectivity index is 3.40. The summed E-state index contributed by atoms with van der Waals surface area (Å²) in [6.07, 6.45) is -24.4. The molecule has 0 aromatic rings. The van der Waals surface area contributed by atoms with Crippen molar-refractivity contribution in [3.05, 3.63) is 0 Å². The Morgan fingerprint density at radius 1 is 0.556 bits per heavy atom. The maximum Gasteiger partial charge on any atom is 0.409 e. The molecule has 158 valence electrons. The van der Waals surface area contributed by atoms with Crippen LogP contribution in [0.25, 0.3) is 0 Å². The van der Waals surface area contributed by atoms with E-state index >= 15 is 0 Å². The molecular formula is C10F16O. The molecule has 2 atom stereocenters. The van der Waals surface area contributed by atoms with E-state index in [0.717, 1.165) is 0 Å². The summed E-state index contributed by atoms with van der Waals surface area (Å²) in [4.78, 5) is 11.2. The first-order valence-corrected chi connectivity index (χ1v) is 5.98. The normalized spacial score (nSPS) is 37.0. The first kappa shape index (κ1) is 21.8. The topological polar surface area (TPSA) is 17.1 Å². The number of Topliss-reactive ketones (excluding diaryl/α,β-unsaturated/α-hetero) is 1. The molecule has 0 spiro atoms. The van der Waals surface area contributed by atoms with E-state index in [1.165, 1.54) is 0 Å². The minimum absolute atomic E-state index is 5.00. The number of carbonyl (C=O) groups excluding carboxylic acids is 1. The third kappa shape index (κ3) is 1.49. The van der Waals surface area contributed by atoms with E-state index in [9.17, 15) is 75.0 Å². The second-order valence-electron chi connectivity index (χ2n) is 5.70. The van der Waals surface area contributed by atoms with Gasteiger partial charge in [-0.25, -0.2) is 4.39 Å². The van der Waals surface area contributed by atoms with E-state index in [1.807, 2.05) is 0 Å². The zero-order chi connectivity index (χ0) is 22.1. The number of rotatable bonds is 0. The van der Waals surface area contributed by atoms with E-state index < -0.39 is 58.6 Å². The fourth-order valence-corrected chi connectivity index (χ4v) is 3.81. The first-order chi connectivity index (χ1) is 11.4. The van der Waals surface area contributed by atoms with Crippen LogP contribution in [-0.2, 0) is 4.79 Å². The largest absolute Gasteiger partial charge is 0.409 e. The lowest BCUT2D eigenvalue weighted by atomic mass is 9.62. The molecule has 0 aliphatic heterocycles. The summed E-state index contributed by atoms with van der Waals surface area (Å²) in [7, 11) is 0. The van der Waals surface area contributed by atoms with Crippen molar-refractivity contribution in [2.24, 2.45) is 10.8 Å². The molecule has 0 radical (unpaired) electrons. The van der Waals surface area contributed by atoms with Crippen LogP contribution in [0.4, 0.5) is 70.2 Å². The monoisotopic (exact) mass is 440 g/mol. The molecule has 1 nitrogen and oxygen atoms in total. The van der Waals surface area contributed by atoms with Crippen LogP contribution in [0, 0.1) is 10.8 Å². The third-order valence-corrected chi connectivity index (χ3v) is 4.71. The number of alkyl halides is 16. The summed E-state index contributed by atoms with van der Waals surface area (Å²) in [5.41, 5.74) is -24.1. The van der Waals surface area contributed by atoms with Gasteiger partial charge in [0, 0.05) is 0 Å². The minimum Gasteiger partial charge on any atom is -0.291 e. The zero-order valence-electron chi connectivity index (χ0n) is 11.5. The maximum atomic E-state index is 14.3. The molecule has 0 amide bonds. The average molecular weight is 440 g/mol. The summed E-state index contributed by atoms with van der Waals surface area (Å²) >= 11 is 0. The van der Waals surface area contributed by atoms with Gasteiger partial charge in [0.15, 0.2) is 0 Å². The Bertz CT molecular complexity index is 679. The molecule has 2 fully saturated rings. The highest BCUT2D eigenvalue weighted by molar-refractivity contribution is 6.01. The Kier molecular flexibility index (Phi) is 3.57. The van der Waals surface area contributed by atoms with E-state index in [2.05, 4.69) is 0 Å².